The van der Waals surface area contributed by atoms with Crippen molar-refractivity contribution in [2.45, 2.75) is 45.8 Å². The number of methoxy groups -OCH3 is 1. The molecule has 3 aromatic carbocycles. The van der Waals surface area contributed by atoms with Crippen molar-refractivity contribution in [3.05, 3.63) is 88.3 Å². The molecule has 0 spiro atoms. The number of fused-ring (bicyclic) bond motifs is 1. The molecule has 1 atom stereocenters. The first-order valence-corrected chi connectivity index (χ1v) is 14.0. The van der Waals surface area contributed by atoms with Gasteiger partial charge in [0.25, 0.3) is 0 Å². The van der Waals surface area contributed by atoms with E-state index in [1.165, 1.54) is 11.3 Å². The highest BCUT2D eigenvalue weighted by Gasteiger charge is 2.17. The first-order valence-electron chi connectivity index (χ1n) is 13.1. The Morgan fingerprint density at radius 1 is 1.07 bits per heavy atom. The maximum Gasteiger partial charge on any atom is 0.152 e. The van der Waals surface area contributed by atoms with Crippen molar-refractivity contribution >= 4 is 21.4 Å². The van der Waals surface area contributed by atoms with Crippen LogP contribution in [0.1, 0.15) is 41.8 Å². The molecule has 9 heteroatoms. The number of halogens is 1. The van der Waals surface area contributed by atoms with Gasteiger partial charge in [0, 0.05) is 17.4 Å². The number of aromatic nitrogens is 4. The lowest BCUT2D eigenvalue weighted by Crippen LogP contribution is -2.10. The lowest BCUT2D eigenvalue weighted by atomic mass is 9.95. The molecule has 0 aliphatic carbocycles. The lowest BCUT2D eigenvalue weighted by molar-refractivity contribution is 0.305. The smallest absolute Gasteiger partial charge is 0.152 e. The third-order valence-corrected chi connectivity index (χ3v) is 7.85. The van der Waals surface area contributed by atoms with E-state index < -0.39 is 0 Å². The molecule has 0 bridgehead atoms. The second-order valence-corrected chi connectivity index (χ2v) is 10.4. The fourth-order valence-electron chi connectivity index (χ4n) is 4.78. The van der Waals surface area contributed by atoms with Gasteiger partial charge in [0.1, 0.15) is 23.9 Å². The number of nitriles is 1. The summed E-state index contributed by atoms with van der Waals surface area (Å²) in [5.41, 5.74) is 4.87. The third-order valence-electron chi connectivity index (χ3n) is 6.85. The van der Waals surface area contributed by atoms with Crippen LogP contribution in [0.2, 0.25) is 0 Å². The van der Waals surface area contributed by atoms with Crippen LogP contribution in [0.3, 0.4) is 0 Å². The molecule has 7 nitrogen and oxygen atoms in total. The van der Waals surface area contributed by atoms with Crippen molar-refractivity contribution in [1.82, 2.24) is 20.2 Å². The van der Waals surface area contributed by atoms with Crippen LogP contribution in [0.25, 0.3) is 21.2 Å². The maximum atomic E-state index is 15.1. The van der Waals surface area contributed by atoms with Gasteiger partial charge in [-0.2, -0.15) is 5.26 Å². The molecule has 0 aliphatic heterocycles. The molecule has 2 aromatic heterocycles. The number of benzene rings is 3. The van der Waals surface area contributed by atoms with Crippen LogP contribution in [0.4, 0.5) is 4.39 Å². The standard InChI is InChI=1S/C32H28FN5O2S/c1-4-6-24(18-31-35-36-37-38(31)14-5-13-34)23-7-9-25(10-8-23)40-19-22-16-28-29(20-41-32(28)30(33)17-22)27-12-11-26(39-3)15-21(27)2/h7-12,15-17,20,24H,5,14,18-19H2,1-3H3. The topological polar surface area (TPSA) is 85.9 Å². The molecule has 0 aliphatic rings. The van der Waals surface area contributed by atoms with Gasteiger partial charge in [-0.05, 0) is 88.3 Å². The fraction of sp³-hybridized carbons (Fsp3) is 0.250. The molecule has 0 fully saturated rings. The van der Waals surface area contributed by atoms with E-state index in [1.54, 1.807) is 24.8 Å². The highest BCUT2D eigenvalue weighted by molar-refractivity contribution is 7.17. The van der Waals surface area contributed by atoms with Crippen molar-refractivity contribution in [3.63, 3.8) is 0 Å². The van der Waals surface area contributed by atoms with Gasteiger partial charge in [-0.25, -0.2) is 9.07 Å². The van der Waals surface area contributed by atoms with Crippen molar-refractivity contribution in [2.75, 3.05) is 7.11 Å². The number of tetrazole rings is 1. The summed E-state index contributed by atoms with van der Waals surface area (Å²) in [6.45, 7) is 4.50. The van der Waals surface area contributed by atoms with E-state index in [2.05, 4.69) is 33.4 Å². The maximum absolute atomic E-state index is 15.1. The van der Waals surface area contributed by atoms with Gasteiger partial charge in [0.2, 0.25) is 0 Å². The van der Waals surface area contributed by atoms with Crippen LogP contribution < -0.4 is 9.47 Å². The summed E-state index contributed by atoms with van der Waals surface area (Å²) < 4.78 is 28.8. The predicted molar refractivity (Wildman–Crippen MR) is 157 cm³/mol. The molecule has 0 radical (unpaired) electrons. The van der Waals surface area contributed by atoms with Crippen molar-refractivity contribution in [3.8, 4) is 40.5 Å². The van der Waals surface area contributed by atoms with Gasteiger partial charge < -0.3 is 9.47 Å². The van der Waals surface area contributed by atoms with E-state index >= 15 is 4.39 Å². The van der Waals surface area contributed by atoms with Gasteiger partial charge in [0.05, 0.1) is 36.8 Å². The van der Waals surface area contributed by atoms with Crippen LogP contribution in [-0.4, -0.2) is 27.3 Å². The normalized spacial score (nSPS) is 11.5. The molecule has 0 saturated carbocycles. The number of hydrogen-bond donors (Lipinski definition) is 0. The Morgan fingerprint density at radius 2 is 1.88 bits per heavy atom. The summed E-state index contributed by atoms with van der Waals surface area (Å²) in [5, 5.41) is 23.6. The molecule has 0 N–H and O–H groups in total. The number of rotatable bonds is 10. The minimum Gasteiger partial charge on any atom is -0.497 e. The summed E-state index contributed by atoms with van der Waals surface area (Å²) in [4.78, 5) is 0. The zero-order valence-corrected chi connectivity index (χ0v) is 23.8. The minimum absolute atomic E-state index is 0.115. The number of ether oxygens (including phenoxy) is 2. The monoisotopic (exact) mass is 565 g/mol. The summed E-state index contributed by atoms with van der Waals surface area (Å²) in [6, 6.07) is 19.3. The average Bonchev–Trinajstić information content (AvgIpc) is 3.62. The molecular formula is C32H28FN5O2S. The van der Waals surface area contributed by atoms with Gasteiger partial charge in [-0.15, -0.1) is 22.4 Å². The summed E-state index contributed by atoms with van der Waals surface area (Å²) in [7, 11) is 1.65. The second kappa shape index (κ2) is 12.6. The van der Waals surface area contributed by atoms with Crippen LogP contribution in [0, 0.1) is 35.9 Å². The minimum atomic E-state index is -0.253. The Morgan fingerprint density at radius 3 is 2.61 bits per heavy atom. The molecule has 1 unspecified atom stereocenters. The molecule has 0 saturated heterocycles. The van der Waals surface area contributed by atoms with E-state index in [0.29, 0.717) is 35.7 Å². The Balaban J connectivity index is 1.32. The molecule has 5 rings (SSSR count). The quantitative estimate of drug-likeness (QED) is 0.172. The van der Waals surface area contributed by atoms with E-state index in [4.69, 9.17) is 14.7 Å². The Labute approximate surface area is 242 Å². The fourth-order valence-corrected chi connectivity index (χ4v) is 5.74. The Bertz CT molecular complexity index is 1780. The van der Waals surface area contributed by atoms with E-state index in [0.717, 1.165) is 39.0 Å². The van der Waals surface area contributed by atoms with Crippen LogP contribution >= 0.6 is 11.3 Å². The molecule has 41 heavy (non-hydrogen) atoms. The van der Waals surface area contributed by atoms with Gasteiger partial charge in [0.15, 0.2) is 5.82 Å². The van der Waals surface area contributed by atoms with E-state index in [-0.39, 0.29) is 18.3 Å². The second-order valence-electron chi connectivity index (χ2n) is 9.52. The summed E-state index contributed by atoms with van der Waals surface area (Å²) in [5.74, 6) is 8.01. The Hall–Kier alpha value is -4.73. The largest absolute Gasteiger partial charge is 0.497 e. The third kappa shape index (κ3) is 6.21. The molecule has 5 aromatic rings. The molecule has 206 valence electrons. The zero-order valence-electron chi connectivity index (χ0n) is 23.0. The molecule has 0 amide bonds. The zero-order chi connectivity index (χ0) is 28.8. The number of aryl methyl sites for hydroxylation is 2. The van der Waals surface area contributed by atoms with Crippen molar-refractivity contribution in [1.29, 1.82) is 5.26 Å². The van der Waals surface area contributed by atoms with Crippen molar-refractivity contribution in [2.24, 2.45) is 0 Å². The average molecular weight is 566 g/mol. The van der Waals surface area contributed by atoms with Gasteiger partial charge in [-0.3, -0.25) is 0 Å². The first-order chi connectivity index (χ1) is 20.0. The summed E-state index contributed by atoms with van der Waals surface area (Å²) >= 11 is 1.40. The number of thiophene rings is 1. The van der Waals surface area contributed by atoms with E-state index in [9.17, 15) is 0 Å². The number of hydrogen-bond acceptors (Lipinski definition) is 7. The number of nitrogens with zero attached hydrogens (tertiary/aromatic N) is 5. The summed E-state index contributed by atoms with van der Waals surface area (Å²) in [6.07, 6.45) is 0.856. The van der Waals surface area contributed by atoms with Crippen LogP contribution in [-0.2, 0) is 19.6 Å². The SMILES string of the molecule is CC#CC(Cc1nnnn1CCC#N)c1ccc(OCc2cc(F)c3scc(-c4ccc(OC)cc4C)c3c2)cc1. The highest BCUT2D eigenvalue weighted by atomic mass is 32.1. The highest BCUT2D eigenvalue weighted by Crippen LogP contribution is 2.38. The Kier molecular flexibility index (Phi) is 8.57. The van der Waals surface area contributed by atoms with Crippen molar-refractivity contribution < 1.29 is 13.9 Å². The lowest BCUT2D eigenvalue weighted by Gasteiger charge is -2.13. The predicted octanol–water partition coefficient (Wildman–Crippen LogP) is 6.85. The van der Waals surface area contributed by atoms with Crippen LogP contribution in [0.5, 0.6) is 11.5 Å². The van der Waals surface area contributed by atoms with E-state index in [1.807, 2.05) is 60.8 Å². The molecular weight excluding hydrogens is 537 g/mol. The van der Waals surface area contributed by atoms with Gasteiger partial charge >= 0.3 is 0 Å². The molecule has 2 heterocycles. The van der Waals surface area contributed by atoms with Crippen LogP contribution in [0.15, 0.2) is 60.0 Å². The first kappa shape index (κ1) is 27.8. The van der Waals surface area contributed by atoms with Gasteiger partial charge in [-0.1, -0.05) is 24.1 Å².